The average molecular weight is 280 g/mol. The summed E-state index contributed by atoms with van der Waals surface area (Å²) in [6, 6.07) is 15.2. The summed E-state index contributed by atoms with van der Waals surface area (Å²) in [4.78, 5) is 0. The van der Waals surface area contributed by atoms with Crippen molar-refractivity contribution in [3.8, 4) is 0 Å². The van der Waals surface area contributed by atoms with Crippen LogP contribution in [0.3, 0.4) is 0 Å². The fourth-order valence-corrected chi connectivity index (χ4v) is 2.83. The fraction of sp³-hybridized carbons (Fsp3) is 0.294. The smallest absolute Gasteiger partial charge is 0.0756 e. The maximum absolute atomic E-state index is 4.05. The Morgan fingerprint density at radius 2 is 1.95 bits per heavy atom. The highest BCUT2D eigenvalue weighted by atomic mass is 15.4. The molecular weight excluding hydrogens is 260 g/mol. The monoisotopic (exact) mass is 280 g/mol. The third-order valence-electron chi connectivity index (χ3n) is 3.86. The first-order valence-corrected chi connectivity index (χ1v) is 7.34. The van der Waals surface area contributed by atoms with Crippen LogP contribution in [0.5, 0.6) is 0 Å². The molecule has 3 aromatic rings. The van der Waals surface area contributed by atoms with E-state index in [1.165, 1.54) is 16.3 Å². The summed E-state index contributed by atoms with van der Waals surface area (Å²) in [5.41, 5.74) is 2.46. The number of aryl methyl sites for hydroxylation is 1. The molecule has 4 nitrogen and oxygen atoms in total. The molecule has 0 fully saturated rings. The van der Waals surface area contributed by atoms with Crippen LogP contribution >= 0.6 is 0 Å². The van der Waals surface area contributed by atoms with Gasteiger partial charge in [0.15, 0.2) is 0 Å². The molecule has 1 aromatic heterocycles. The largest absolute Gasteiger partial charge is 0.309 e. The molecule has 21 heavy (non-hydrogen) atoms. The lowest BCUT2D eigenvalue weighted by Gasteiger charge is -2.18. The minimum Gasteiger partial charge on any atom is -0.309 e. The van der Waals surface area contributed by atoms with Crippen molar-refractivity contribution in [1.29, 1.82) is 0 Å². The molecule has 0 aliphatic carbocycles. The summed E-state index contributed by atoms with van der Waals surface area (Å²) in [6.45, 7) is 3.04. The Labute approximate surface area is 124 Å². The molecule has 0 amide bonds. The van der Waals surface area contributed by atoms with Gasteiger partial charge in [0.05, 0.1) is 17.9 Å². The molecule has 0 spiro atoms. The second-order valence-corrected chi connectivity index (χ2v) is 5.24. The van der Waals surface area contributed by atoms with E-state index >= 15 is 0 Å². The number of aromatic nitrogens is 3. The van der Waals surface area contributed by atoms with Crippen LogP contribution in [0.2, 0.25) is 0 Å². The van der Waals surface area contributed by atoms with Crippen LogP contribution in [0.25, 0.3) is 10.8 Å². The molecule has 4 heteroatoms. The lowest BCUT2D eigenvalue weighted by Crippen LogP contribution is -2.25. The Bertz CT molecular complexity index is 727. The first-order valence-electron chi connectivity index (χ1n) is 7.34. The normalized spacial score (nSPS) is 12.7. The molecule has 0 saturated carbocycles. The molecule has 0 radical (unpaired) electrons. The number of benzene rings is 2. The summed E-state index contributed by atoms with van der Waals surface area (Å²) in [5, 5.41) is 14.2. The Morgan fingerprint density at radius 3 is 2.71 bits per heavy atom. The predicted octanol–water partition coefficient (Wildman–Crippen LogP) is 2.86. The number of rotatable bonds is 5. The number of hydrogen-bond donors (Lipinski definition) is 1. The number of nitrogens with zero attached hydrogens (tertiary/aromatic N) is 3. The number of nitrogens with one attached hydrogen (secondary N) is 1. The molecule has 1 N–H and O–H groups in total. The first kappa shape index (κ1) is 13.8. The van der Waals surface area contributed by atoms with Crippen LogP contribution in [0.1, 0.15) is 24.2 Å². The van der Waals surface area contributed by atoms with Crippen LogP contribution in [0.4, 0.5) is 0 Å². The Kier molecular flexibility index (Phi) is 3.97. The van der Waals surface area contributed by atoms with Crippen LogP contribution in [0.15, 0.2) is 48.7 Å². The van der Waals surface area contributed by atoms with E-state index in [2.05, 4.69) is 65.0 Å². The molecule has 108 valence electrons. The first-order chi connectivity index (χ1) is 10.3. The van der Waals surface area contributed by atoms with E-state index in [0.717, 1.165) is 18.7 Å². The average Bonchev–Trinajstić information content (AvgIpc) is 2.93. The zero-order valence-electron chi connectivity index (χ0n) is 12.5. The van der Waals surface area contributed by atoms with Gasteiger partial charge < -0.3 is 5.32 Å². The summed E-state index contributed by atoms with van der Waals surface area (Å²) in [5.74, 6) is 0. The maximum Gasteiger partial charge on any atom is 0.0756 e. The van der Waals surface area contributed by atoms with Crippen molar-refractivity contribution in [2.24, 2.45) is 7.05 Å². The maximum atomic E-state index is 4.05. The third kappa shape index (κ3) is 2.81. The van der Waals surface area contributed by atoms with Gasteiger partial charge in [-0.15, -0.1) is 5.10 Å². The minimum absolute atomic E-state index is 0.223. The summed E-state index contributed by atoms with van der Waals surface area (Å²) >= 11 is 0. The van der Waals surface area contributed by atoms with E-state index in [1.807, 2.05) is 17.9 Å². The van der Waals surface area contributed by atoms with Crippen molar-refractivity contribution in [3.63, 3.8) is 0 Å². The molecule has 0 aliphatic heterocycles. The SMILES string of the molecule is CCNC(Cc1cccc2ccccc12)c1cnnn1C. The van der Waals surface area contributed by atoms with Crippen LogP contribution in [0, 0.1) is 0 Å². The zero-order valence-corrected chi connectivity index (χ0v) is 12.5. The van der Waals surface area contributed by atoms with Gasteiger partial charge in [0, 0.05) is 7.05 Å². The van der Waals surface area contributed by atoms with E-state index in [4.69, 9.17) is 0 Å². The standard InChI is InChI=1S/C17H20N4/c1-3-18-16(17-12-19-20-21(17)2)11-14-9-6-8-13-7-4-5-10-15(13)14/h4-10,12,16,18H,3,11H2,1-2H3. The van der Waals surface area contributed by atoms with Gasteiger partial charge in [0.1, 0.15) is 0 Å². The molecule has 0 aliphatic rings. The van der Waals surface area contributed by atoms with Gasteiger partial charge in [-0.2, -0.15) is 0 Å². The van der Waals surface area contributed by atoms with Gasteiger partial charge in [-0.1, -0.05) is 54.6 Å². The van der Waals surface area contributed by atoms with Gasteiger partial charge in [-0.05, 0) is 29.3 Å². The van der Waals surface area contributed by atoms with Crippen molar-refractivity contribution in [1.82, 2.24) is 20.3 Å². The molecule has 1 unspecified atom stereocenters. The second-order valence-electron chi connectivity index (χ2n) is 5.24. The summed E-state index contributed by atoms with van der Waals surface area (Å²) in [6.07, 6.45) is 2.77. The van der Waals surface area contributed by atoms with Crippen molar-refractivity contribution >= 4 is 10.8 Å². The van der Waals surface area contributed by atoms with Gasteiger partial charge in [-0.25, -0.2) is 0 Å². The van der Waals surface area contributed by atoms with Crippen molar-refractivity contribution in [2.75, 3.05) is 6.54 Å². The quantitative estimate of drug-likeness (QED) is 0.781. The van der Waals surface area contributed by atoms with Crippen molar-refractivity contribution < 1.29 is 0 Å². The van der Waals surface area contributed by atoms with E-state index in [-0.39, 0.29) is 6.04 Å². The molecular formula is C17H20N4. The highest BCUT2D eigenvalue weighted by Crippen LogP contribution is 2.24. The second kappa shape index (κ2) is 6.06. The van der Waals surface area contributed by atoms with Crippen molar-refractivity contribution in [3.05, 3.63) is 59.9 Å². The molecule has 1 heterocycles. The molecule has 1 atom stereocenters. The highest BCUT2D eigenvalue weighted by molar-refractivity contribution is 5.85. The van der Waals surface area contributed by atoms with Crippen LogP contribution < -0.4 is 5.32 Å². The van der Waals surface area contributed by atoms with Gasteiger partial charge >= 0.3 is 0 Å². The fourth-order valence-electron chi connectivity index (χ4n) is 2.83. The Morgan fingerprint density at radius 1 is 1.14 bits per heavy atom. The number of hydrogen-bond acceptors (Lipinski definition) is 3. The predicted molar refractivity (Wildman–Crippen MR) is 85.1 cm³/mol. The third-order valence-corrected chi connectivity index (χ3v) is 3.86. The van der Waals surface area contributed by atoms with Gasteiger partial charge in [0.2, 0.25) is 0 Å². The Hall–Kier alpha value is -2.20. The lowest BCUT2D eigenvalue weighted by molar-refractivity contribution is 0.507. The van der Waals surface area contributed by atoms with E-state index in [0.29, 0.717) is 0 Å². The number of fused-ring (bicyclic) bond motifs is 1. The van der Waals surface area contributed by atoms with Crippen LogP contribution in [-0.4, -0.2) is 21.5 Å². The van der Waals surface area contributed by atoms with E-state index < -0.39 is 0 Å². The highest BCUT2D eigenvalue weighted by Gasteiger charge is 2.16. The molecule has 2 aromatic carbocycles. The molecule has 0 bridgehead atoms. The Balaban J connectivity index is 1.97. The lowest BCUT2D eigenvalue weighted by atomic mass is 9.97. The minimum atomic E-state index is 0.223. The topological polar surface area (TPSA) is 42.7 Å². The summed E-state index contributed by atoms with van der Waals surface area (Å²) in [7, 11) is 1.94. The molecule has 0 saturated heterocycles. The zero-order chi connectivity index (χ0) is 14.7. The molecule has 3 rings (SSSR count). The van der Waals surface area contributed by atoms with Crippen molar-refractivity contribution in [2.45, 2.75) is 19.4 Å². The van der Waals surface area contributed by atoms with E-state index in [1.54, 1.807) is 0 Å². The summed E-state index contributed by atoms with van der Waals surface area (Å²) < 4.78 is 1.85. The van der Waals surface area contributed by atoms with E-state index in [9.17, 15) is 0 Å². The van der Waals surface area contributed by atoms with Crippen LogP contribution in [-0.2, 0) is 13.5 Å². The number of likely N-dealkylation sites (N-methyl/N-ethyl adjacent to an activating group) is 1. The van der Waals surface area contributed by atoms with Gasteiger partial charge in [-0.3, -0.25) is 4.68 Å². The van der Waals surface area contributed by atoms with Gasteiger partial charge in [0.25, 0.3) is 0 Å².